The lowest BCUT2D eigenvalue weighted by molar-refractivity contribution is 0.303. The highest BCUT2D eigenvalue weighted by Crippen LogP contribution is 2.45. The first-order valence-electron chi connectivity index (χ1n) is 9.23. The van der Waals surface area contributed by atoms with Gasteiger partial charge in [-0.1, -0.05) is 20.8 Å². The van der Waals surface area contributed by atoms with Crippen molar-refractivity contribution in [2.45, 2.75) is 58.5 Å². The monoisotopic (exact) mass is 350 g/mol. The molecule has 26 heavy (non-hydrogen) atoms. The Morgan fingerprint density at radius 2 is 1.96 bits per heavy atom. The normalized spacial score (nSPS) is 14.6. The molecule has 3 aromatic heterocycles. The van der Waals surface area contributed by atoms with Crippen LogP contribution in [-0.4, -0.2) is 20.2 Å². The molecular formula is C21H26N4O. The summed E-state index contributed by atoms with van der Waals surface area (Å²) in [5.41, 5.74) is 6.36. The third-order valence-corrected chi connectivity index (χ3v) is 4.84. The average molecular weight is 350 g/mol. The van der Waals surface area contributed by atoms with Crippen LogP contribution in [0.2, 0.25) is 0 Å². The molecule has 5 nitrogen and oxygen atoms in total. The number of nitrogens with one attached hydrogen (secondary N) is 2. The van der Waals surface area contributed by atoms with Crippen molar-refractivity contribution in [1.82, 2.24) is 20.2 Å². The fourth-order valence-corrected chi connectivity index (χ4v) is 3.06. The number of aryl methyl sites for hydroxylation is 1. The largest absolute Gasteiger partial charge is 0.488 e. The summed E-state index contributed by atoms with van der Waals surface area (Å²) in [7, 11) is 0. The first kappa shape index (κ1) is 16.9. The fraction of sp³-hybridized carbons (Fsp3) is 0.429. The molecule has 0 unspecified atom stereocenters. The van der Waals surface area contributed by atoms with Crippen LogP contribution < -0.4 is 4.74 Å². The van der Waals surface area contributed by atoms with Crippen molar-refractivity contribution in [2.24, 2.45) is 0 Å². The van der Waals surface area contributed by atoms with Gasteiger partial charge in [-0.05, 0) is 37.8 Å². The highest BCUT2D eigenvalue weighted by atomic mass is 16.5. The van der Waals surface area contributed by atoms with Crippen molar-refractivity contribution in [3.8, 4) is 17.1 Å². The minimum absolute atomic E-state index is 0.0324. The maximum atomic E-state index is 6.18. The molecule has 3 aromatic rings. The van der Waals surface area contributed by atoms with Gasteiger partial charge in [-0.25, -0.2) is 0 Å². The molecule has 0 atom stereocenters. The number of ether oxygens (including phenoxy) is 1. The number of pyridine rings is 1. The zero-order valence-electron chi connectivity index (χ0n) is 15.9. The third kappa shape index (κ3) is 3.52. The predicted molar refractivity (Wildman–Crippen MR) is 102 cm³/mol. The molecule has 1 saturated carbocycles. The molecule has 0 amide bonds. The van der Waals surface area contributed by atoms with Gasteiger partial charge in [0.25, 0.3) is 0 Å². The van der Waals surface area contributed by atoms with E-state index in [0.29, 0.717) is 12.5 Å². The van der Waals surface area contributed by atoms with E-state index in [9.17, 15) is 0 Å². The number of aromatic amines is 2. The van der Waals surface area contributed by atoms with Gasteiger partial charge >= 0.3 is 0 Å². The van der Waals surface area contributed by atoms with Gasteiger partial charge in [-0.2, -0.15) is 5.10 Å². The Morgan fingerprint density at radius 3 is 2.58 bits per heavy atom. The van der Waals surface area contributed by atoms with E-state index in [0.717, 1.165) is 34.1 Å². The number of nitrogens with zero attached hydrogens (tertiary/aromatic N) is 2. The number of hydrogen-bond donors (Lipinski definition) is 2. The van der Waals surface area contributed by atoms with E-state index in [1.54, 1.807) is 0 Å². The van der Waals surface area contributed by atoms with E-state index in [1.165, 1.54) is 18.4 Å². The van der Waals surface area contributed by atoms with Crippen molar-refractivity contribution in [1.29, 1.82) is 0 Å². The molecule has 1 fully saturated rings. The molecule has 0 bridgehead atoms. The lowest BCUT2D eigenvalue weighted by atomic mass is 9.92. The summed E-state index contributed by atoms with van der Waals surface area (Å²) < 4.78 is 6.18. The van der Waals surface area contributed by atoms with Crippen molar-refractivity contribution >= 4 is 0 Å². The Morgan fingerprint density at radius 1 is 1.15 bits per heavy atom. The lowest BCUT2D eigenvalue weighted by Gasteiger charge is -2.14. The molecule has 0 saturated heterocycles. The summed E-state index contributed by atoms with van der Waals surface area (Å²) in [5, 5.41) is 7.60. The van der Waals surface area contributed by atoms with Crippen LogP contribution in [0.5, 0.6) is 5.75 Å². The molecule has 0 aromatic carbocycles. The van der Waals surface area contributed by atoms with Gasteiger partial charge < -0.3 is 9.72 Å². The number of hydrogen-bond acceptors (Lipinski definition) is 3. The maximum Gasteiger partial charge on any atom is 0.127 e. The molecule has 1 aliphatic rings. The van der Waals surface area contributed by atoms with Crippen molar-refractivity contribution in [3.05, 3.63) is 53.1 Å². The minimum Gasteiger partial charge on any atom is -0.488 e. The molecule has 0 radical (unpaired) electrons. The van der Waals surface area contributed by atoms with E-state index in [2.05, 4.69) is 53.1 Å². The first-order valence-corrected chi connectivity index (χ1v) is 9.23. The summed E-state index contributed by atoms with van der Waals surface area (Å²) in [4.78, 5) is 7.86. The highest BCUT2D eigenvalue weighted by Gasteiger charge is 2.28. The molecule has 0 spiro atoms. The molecular weight excluding hydrogens is 324 g/mol. The van der Waals surface area contributed by atoms with E-state index >= 15 is 0 Å². The standard InChI is InChI=1S/C21H26N4O/c1-13-7-14(10-22-13)12-26-19-8-17(23-11-16(19)15-5-6-15)18-9-20(25-24-18)21(2,3)4/h7-11,15,22H,5-6,12H2,1-4H3,(H,24,25). The van der Waals surface area contributed by atoms with Gasteiger partial charge in [0.15, 0.2) is 0 Å². The molecule has 3 heterocycles. The second-order valence-corrected chi connectivity index (χ2v) is 8.28. The quantitative estimate of drug-likeness (QED) is 0.690. The molecule has 136 valence electrons. The van der Waals surface area contributed by atoms with Crippen LogP contribution in [0.15, 0.2) is 30.6 Å². The van der Waals surface area contributed by atoms with Crippen LogP contribution in [-0.2, 0) is 12.0 Å². The third-order valence-electron chi connectivity index (χ3n) is 4.84. The summed E-state index contributed by atoms with van der Waals surface area (Å²) in [6.07, 6.45) is 6.40. The molecule has 2 N–H and O–H groups in total. The summed E-state index contributed by atoms with van der Waals surface area (Å²) in [6, 6.07) is 6.23. The summed E-state index contributed by atoms with van der Waals surface area (Å²) >= 11 is 0. The Labute approximate surface area is 154 Å². The summed E-state index contributed by atoms with van der Waals surface area (Å²) in [5.74, 6) is 1.51. The van der Waals surface area contributed by atoms with Gasteiger partial charge in [0, 0.05) is 46.4 Å². The van der Waals surface area contributed by atoms with Crippen LogP contribution in [0.1, 0.15) is 62.0 Å². The van der Waals surface area contributed by atoms with E-state index in [4.69, 9.17) is 4.74 Å². The zero-order valence-corrected chi connectivity index (χ0v) is 15.9. The van der Waals surface area contributed by atoms with Crippen molar-refractivity contribution in [3.63, 3.8) is 0 Å². The maximum absolute atomic E-state index is 6.18. The van der Waals surface area contributed by atoms with E-state index in [-0.39, 0.29) is 5.41 Å². The van der Waals surface area contributed by atoms with Crippen molar-refractivity contribution < 1.29 is 4.74 Å². The highest BCUT2D eigenvalue weighted by molar-refractivity contribution is 5.58. The Bertz CT molecular complexity index is 912. The average Bonchev–Trinajstić information content (AvgIpc) is 3.14. The Kier molecular flexibility index (Phi) is 4.10. The van der Waals surface area contributed by atoms with Crippen LogP contribution in [0, 0.1) is 6.92 Å². The lowest BCUT2D eigenvalue weighted by Crippen LogP contribution is -2.11. The number of H-pyrrole nitrogens is 2. The van der Waals surface area contributed by atoms with E-state index in [1.807, 2.05) is 25.4 Å². The van der Waals surface area contributed by atoms with Crippen LogP contribution >= 0.6 is 0 Å². The van der Waals surface area contributed by atoms with E-state index < -0.39 is 0 Å². The fourth-order valence-electron chi connectivity index (χ4n) is 3.06. The second-order valence-electron chi connectivity index (χ2n) is 8.28. The first-order chi connectivity index (χ1) is 12.4. The predicted octanol–water partition coefficient (Wildman–Crippen LogP) is 4.86. The van der Waals surface area contributed by atoms with Crippen LogP contribution in [0.3, 0.4) is 0 Å². The topological polar surface area (TPSA) is 66.6 Å². The minimum atomic E-state index is 0.0324. The summed E-state index contributed by atoms with van der Waals surface area (Å²) in [6.45, 7) is 9.11. The van der Waals surface area contributed by atoms with Gasteiger partial charge in [0.2, 0.25) is 0 Å². The van der Waals surface area contributed by atoms with Gasteiger partial charge in [-0.3, -0.25) is 10.1 Å². The number of rotatable bonds is 5. The van der Waals surface area contributed by atoms with Gasteiger partial charge in [0.1, 0.15) is 18.1 Å². The second kappa shape index (κ2) is 6.31. The SMILES string of the molecule is Cc1cc(COc2cc(-c3cc(C(C)(C)C)[nH]n3)ncc2C2CC2)c[nH]1. The molecule has 0 aliphatic heterocycles. The van der Waals surface area contributed by atoms with Crippen LogP contribution in [0.25, 0.3) is 11.4 Å². The van der Waals surface area contributed by atoms with Crippen LogP contribution in [0.4, 0.5) is 0 Å². The Balaban J connectivity index is 1.61. The zero-order chi connectivity index (χ0) is 18.3. The van der Waals surface area contributed by atoms with Gasteiger partial charge in [0.05, 0.1) is 5.69 Å². The Hall–Kier alpha value is -2.56. The molecule has 5 heteroatoms. The van der Waals surface area contributed by atoms with Crippen molar-refractivity contribution in [2.75, 3.05) is 0 Å². The van der Waals surface area contributed by atoms with Gasteiger partial charge in [-0.15, -0.1) is 0 Å². The molecule has 1 aliphatic carbocycles. The molecule has 4 rings (SSSR count). The smallest absolute Gasteiger partial charge is 0.127 e. The number of aromatic nitrogens is 4.